The number of H-pyrrole nitrogens is 1. The van der Waals surface area contributed by atoms with Crippen molar-refractivity contribution in [2.24, 2.45) is 5.84 Å². The molecule has 0 aliphatic rings. The van der Waals surface area contributed by atoms with Gasteiger partial charge in [0.15, 0.2) is 5.82 Å². The molecule has 5 N–H and O–H groups in total. The number of amides is 1. The summed E-state index contributed by atoms with van der Waals surface area (Å²) in [6.45, 7) is 0. The monoisotopic (exact) mass is 246 g/mol. The van der Waals surface area contributed by atoms with Gasteiger partial charge in [-0.15, -0.1) is 0 Å². The summed E-state index contributed by atoms with van der Waals surface area (Å²) < 4.78 is 0. The lowest BCUT2D eigenvalue weighted by molar-refractivity contribution is 0.102. The quantitative estimate of drug-likeness (QED) is 0.435. The van der Waals surface area contributed by atoms with Crippen LogP contribution in [0, 0.1) is 0 Å². The van der Waals surface area contributed by atoms with Gasteiger partial charge in [0.1, 0.15) is 5.69 Å². The van der Waals surface area contributed by atoms with Crippen LogP contribution in [0.2, 0.25) is 0 Å². The fraction of sp³-hybridized carbons (Fsp3) is 0. The molecule has 2 aromatic rings. The second-order valence-corrected chi connectivity index (χ2v) is 3.33. The number of anilines is 2. The number of nitrogen functional groups attached to an aromatic ring is 1. The van der Waals surface area contributed by atoms with Crippen LogP contribution >= 0.6 is 0 Å². The Morgan fingerprint density at radius 3 is 2.83 bits per heavy atom. The van der Waals surface area contributed by atoms with Crippen molar-refractivity contribution in [1.82, 2.24) is 15.2 Å². The zero-order valence-electron chi connectivity index (χ0n) is 9.18. The maximum atomic E-state index is 11.8. The number of aromatic nitrogens is 3. The van der Waals surface area contributed by atoms with Gasteiger partial charge < -0.3 is 10.7 Å². The van der Waals surface area contributed by atoms with Crippen molar-refractivity contribution >= 4 is 17.4 Å². The van der Waals surface area contributed by atoms with Gasteiger partial charge in [0.2, 0.25) is 0 Å². The van der Waals surface area contributed by atoms with E-state index in [1.54, 1.807) is 6.07 Å². The number of carbonyl (C=O) groups is 1. The molecule has 18 heavy (non-hydrogen) atoms. The van der Waals surface area contributed by atoms with E-state index in [-0.39, 0.29) is 17.1 Å². The molecule has 2 aromatic heterocycles. The van der Waals surface area contributed by atoms with E-state index in [0.717, 1.165) is 0 Å². The summed E-state index contributed by atoms with van der Waals surface area (Å²) in [7, 11) is 0. The first-order chi connectivity index (χ1) is 8.69. The minimum atomic E-state index is -0.452. The molecule has 0 fully saturated rings. The van der Waals surface area contributed by atoms with Crippen molar-refractivity contribution in [2.45, 2.75) is 0 Å². The fourth-order valence-corrected chi connectivity index (χ4v) is 1.24. The van der Waals surface area contributed by atoms with Crippen molar-refractivity contribution in [3.63, 3.8) is 0 Å². The van der Waals surface area contributed by atoms with E-state index in [0.29, 0.717) is 5.69 Å². The normalized spacial score (nSPS) is 9.83. The number of carbonyl (C=O) groups excluding carboxylic acids is 1. The Kier molecular flexibility index (Phi) is 3.30. The zero-order valence-corrected chi connectivity index (χ0v) is 9.18. The Bertz CT molecular complexity index is 603. The number of aromatic amines is 1. The molecule has 92 valence electrons. The van der Waals surface area contributed by atoms with Gasteiger partial charge in [-0.1, -0.05) is 0 Å². The van der Waals surface area contributed by atoms with Crippen LogP contribution in [0.25, 0.3) is 0 Å². The summed E-state index contributed by atoms with van der Waals surface area (Å²) in [4.78, 5) is 26.5. The molecule has 0 bridgehead atoms. The smallest absolute Gasteiger partial charge is 0.275 e. The largest absolute Gasteiger partial charge is 0.324 e. The van der Waals surface area contributed by atoms with Gasteiger partial charge in [0.25, 0.3) is 11.5 Å². The highest BCUT2D eigenvalue weighted by Gasteiger charge is 2.08. The predicted molar refractivity (Wildman–Crippen MR) is 64.9 cm³/mol. The highest BCUT2D eigenvalue weighted by Crippen LogP contribution is 2.07. The first-order valence-electron chi connectivity index (χ1n) is 4.99. The molecule has 0 spiro atoms. The van der Waals surface area contributed by atoms with E-state index in [9.17, 15) is 9.59 Å². The number of nitrogens with two attached hydrogens (primary N) is 1. The summed E-state index contributed by atoms with van der Waals surface area (Å²) in [5.74, 6) is 5.00. The molecule has 0 aliphatic carbocycles. The lowest BCUT2D eigenvalue weighted by Crippen LogP contribution is -2.17. The van der Waals surface area contributed by atoms with Crippen LogP contribution in [0.15, 0.2) is 35.3 Å². The maximum absolute atomic E-state index is 11.8. The van der Waals surface area contributed by atoms with Crippen LogP contribution < -0.4 is 22.1 Å². The first-order valence-corrected chi connectivity index (χ1v) is 4.99. The standard InChI is InChI=1S/C10H10N6O2/c11-14-6-3-4-12-7(5-6)10(18)13-8-1-2-9(17)16-15-8/h1-5H,11H2,(H,12,14)(H,16,17)(H,13,15,18). The van der Waals surface area contributed by atoms with Gasteiger partial charge in [-0.3, -0.25) is 20.4 Å². The van der Waals surface area contributed by atoms with Crippen LogP contribution in [-0.4, -0.2) is 21.1 Å². The molecule has 8 heteroatoms. The molecular formula is C10H10N6O2. The first kappa shape index (κ1) is 11.7. The van der Waals surface area contributed by atoms with Gasteiger partial charge in [0, 0.05) is 12.3 Å². The molecular weight excluding hydrogens is 236 g/mol. The number of pyridine rings is 1. The number of hydrogen-bond donors (Lipinski definition) is 4. The third kappa shape index (κ3) is 2.68. The number of nitrogens with one attached hydrogen (secondary N) is 3. The van der Waals surface area contributed by atoms with Crippen molar-refractivity contribution in [1.29, 1.82) is 0 Å². The fourth-order valence-electron chi connectivity index (χ4n) is 1.24. The Balaban J connectivity index is 2.16. The van der Waals surface area contributed by atoms with Gasteiger partial charge >= 0.3 is 0 Å². The van der Waals surface area contributed by atoms with Crippen LogP contribution in [0.5, 0.6) is 0 Å². The van der Waals surface area contributed by atoms with Crippen molar-refractivity contribution in [3.05, 3.63) is 46.5 Å². The third-order valence-corrected chi connectivity index (χ3v) is 2.08. The molecule has 8 nitrogen and oxygen atoms in total. The second-order valence-electron chi connectivity index (χ2n) is 3.33. The zero-order chi connectivity index (χ0) is 13.0. The molecule has 0 unspecified atom stereocenters. The van der Waals surface area contributed by atoms with Crippen molar-refractivity contribution < 1.29 is 4.79 Å². The van der Waals surface area contributed by atoms with E-state index in [4.69, 9.17) is 5.84 Å². The number of nitrogens with zero attached hydrogens (tertiary/aromatic N) is 2. The molecule has 0 saturated carbocycles. The minimum absolute atomic E-state index is 0.179. The molecule has 0 aliphatic heterocycles. The summed E-state index contributed by atoms with van der Waals surface area (Å²) in [6.07, 6.45) is 1.45. The molecule has 0 saturated heterocycles. The Morgan fingerprint density at radius 2 is 2.17 bits per heavy atom. The summed E-state index contributed by atoms with van der Waals surface area (Å²) in [5, 5.41) is 8.34. The summed E-state index contributed by atoms with van der Waals surface area (Å²) in [5.41, 5.74) is 2.80. The third-order valence-electron chi connectivity index (χ3n) is 2.08. The summed E-state index contributed by atoms with van der Waals surface area (Å²) in [6, 6.07) is 5.76. The lowest BCUT2D eigenvalue weighted by Gasteiger charge is -2.04. The Labute approximate surface area is 101 Å². The SMILES string of the molecule is NNc1ccnc(C(=O)Nc2ccc(=O)[nH]n2)c1. The van der Waals surface area contributed by atoms with E-state index >= 15 is 0 Å². The molecule has 1 amide bonds. The minimum Gasteiger partial charge on any atom is -0.324 e. The van der Waals surface area contributed by atoms with E-state index in [1.165, 1.54) is 24.4 Å². The topological polar surface area (TPSA) is 126 Å². The lowest BCUT2D eigenvalue weighted by atomic mass is 10.3. The highest BCUT2D eigenvalue weighted by molar-refractivity contribution is 6.02. The van der Waals surface area contributed by atoms with Crippen LogP contribution in [0.3, 0.4) is 0 Å². The van der Waals surface area contributed by atoms with E-state index in [2.05, 4.69) is 25.9 Å². The number of rotatable bonds is 3. The average Bonchev–Trinajstić information content (AvgIpc) is 2.41. The van der Waals surface area contributed by atoms with Gasteiger partial charge in [-0.25, -0.2) is 5.10 Å². The van der Waals surface area contributed by atoms with E-state index in [1.807, 2.05) is 0 Å². The number of hydrazine groups is 1. The van der Waals surface area contributed by atoms with Crippen molar-refractivity contribution in [3.8, 4) is 0 Å². The molecule has 2 heterocycles. The van der Waals surface area contributed by atoms with Gasteiger partial charge in [0.05, 0.1) is 5.69 Å². The highest BCUT2D eigenvalue weighted by atomic mass is 16.2. The van der Waals surface area contributed by atoms with Gasteiger partial charge in [-0.05, 0) is 18.2 Å². The molecule has 0 atom stereocenters. The number of hydrogen-bond acceptors (Lipinski definition) is 6. The maximum Gasteiger partial charge on any atom is 0.275 e. The summed E-state index contributed by atoms with van der Waals surface area (Å²) >= 11 is 0. The second kappa shape index (κ2) is 5.06. The van der Waals surface area contributed by atoms with Gasteiger partial charge in [-0.2, -0.15) is 5.10 Å². The van der Waals surface area contributed by atoms with Crippen LogP contribution in [0.1, 0.15) is 10.5 Å². The Morgan fingerprint density at radius 1 is 1.33 bits per heavy atom. The van der Waals surface area contributed by atoms with Crippen LogP contribution in [0.4, 0.5) is 11.5 Å². The Hall–Kier alpha value is -2.74. The predicted octanol–water partition coefficient (Wildman–Crippen LogP) is -0.297. The average molecular weight is 246 g/mol. The molecule has 2 rings (SSSR count). The molecule has 0 aromatic carbocycles. The molecule has 0 radical (unpaired) electrons. The van der Waals surface area contributed by atoms with Crippen LogP contribution in [-0.2, 0) is 0 Å². The van der Waals surface area contributed by atoms with E-state index < -0.39 is 5.91 Å². The van der Waals surface area contributed by atoms with Crippen molar-refractivity contribution in [2.75, 3.05) is 10.7 Å².